The molecule has 0 aliphatic rings. The van der Waals surface area contributed by atoms with E-state index in [-0.39, 0.29) is 4.90 Å². The molecule has 8 heteroatoms. The maximum absolute atomic E-state index is 13.0. The third-order valence-corrected chi connectivity index (χ3v) is 5.46. The lowest BCUT2D eigenvalue weighted by Gasteiger charge is -2.17. The highest BCUT2D eigenvalue weighted by Crippen LogP contribution is 2.12. The zero-order valence-electron chi connectivity index (χ0n) is 15.6. The van der Waals surface area contributed by atoms with Crippen LogP contribution >= 0.6 is 0 Å². The Kier molecular flexibility index (Phi) is 7.06. The van der Waals surface area contributed by atoms with Gasteiger partial charge in [-0.15, -0.1) is 0 Å². The second kappa shape index (κ2) is 9.07. The highest BCUT2D eigenvalue weighted by Gasteiger charge is 2.22. The summed E-state index contributed by atoms with van der Waals surface area (Å²) in [5.74, 6) is -0.975. The van der Waals surface area contributed by atoms with Gasteiger partial charge in [0.2, 0.25) is 15.9 Å². The number of rotatable bonds is 8. The van der Waals surface area contributed by atoms with Crippen LogP contribution in [0.2, 0.25) is 0 Å². The Morgan fingerprint density at radius 2 is 1.67 bits per heavy atom. The Morgan fingerprint density at radius 3 is 2.26 bits per heavy atom. The number of nitrogens with zero attached hydrogens (tertiary/aromatic N) is 1. The Balaban J connectivity index is 1.99. The first kappa shape index (κ1) is 21.0. The first-order valence-corrected chi connectivity index (χ1v) is 9.94. The van der Waals surface area contributed by atoms with Crippen molar-refractivity contribution in [1.82, 2.24) is 14.9 Å². The Hall–Kier alpha value is -2.29. The van der Waals surface area contributed by atoms with E-state index < -0.39 is 27.8 Å². The smallest absolute Gasteiger partial charge is 0.241 e. The molecular formula is C19H24FN3O3S. The van der Waals surface area contributed by atoms with Gasteiger partial charge in [-0.2, -0.15) is 4.72 Å². The van der Waals surface area contributed by atoms with Crippen LogP contribution in [0.25, 0.3) is 0 Å². The van der Waals surface area contributed by atoms with E-state index in [0.717, 1.165) is 41.9 Å². The van der Waals surface area contributed by atoms with Crippen molar-refractivity contribution in [2.75, 3.05) is 14.1 Å². The van der Waals surface area contributed by atoms with Gasteiger partial charge in [-0.3, -0.25) is 4.79 Å². The molecule has 2 rings (SSSR count). The molecule has 0 spiro atoms. The zero-order valence-corrected chi connectivity index (χ0v) is 16.4. The van der Waals surface area contributed by atoms with Gasteiger partial charge >= 0.3 is 0 Å². The lowest BCUT2D eigenvalue weighted by atomic mass is 10.1. The number of amides is 1. The SMILES string of the molecule is C[C@H](NS(=O)(=O)c1ccc(F)cc1)C(=O)NCc1ccccc1CN(C)C. The average molecular weight is 393 g/mol. The summed E-state index contributed by atoms with van der Waals surface area (Å²) >= 11 is 0. The highest BCUT2D eigenvalue weighted by atomic mass is 32.2. The number of benzene rings is 2. The lowest BCUT2D eigenvalue weighted by Crippen LogP contribution is -2.44. The van der Waals surface area contributed by atoms with Crippen molar-refractivity contribution in [1.29, 1.82) is 0 Å². The first-order valence-electron chi connectivity index (χ1n) is 8.46. The summed E-state index contributed by atoms with van der Waals surface area (Å²) in [5.41, 5.74) is 2.05. The van der Waals surface area contributed by atoms with Gasteiger partial charge in [0.15, 0.2) is 0 Å². The van der Waals surface area contributed by atoms with Crippen LogP contribution in [0.4, 0.5) is 4.39 Å². The van der Waals surface area contributed by atoms with E-state index >= 15 is 0 Å². The predicted octanol–water partition coefficient (Wildman–Crippen LogP) is 1.87. The number of carbonyl (C=O) groups is 1. The van der Waals surface area contributed by atoms with Crippen LogP contribution in [0.3, 0.4) is 0 Å². The van der Waals surface area contributed by atoms with Gasteiger partial charge in [-0.05, 0) is 56.4 Å². The molecule has 0 saturated heterocycles. The van der Waals surface area contributed by atoms with E-state index in [1.807, 2.05) is 43.3 Å². The summed E-state index contributed by atoms with van der Waals surface area (Å²) in [6, 6.07) is 11.2. The van der Waals surface area contributed by atoms with Gasteiger partial charge in [0.1, 0.15) is 5.82 Å². The second-order valence-corrected chi connectivity index (χ2v) is 8.24. The summed E-state index contributed by atoms with van der Waals surface area (Å²) in [7, 11) is 0.00749. The van der Waals surface area contributed by atoms with Gasteiger partial charge in [0.05, 0.1) is 10.9 Å². The van der Waals surface area contributed by atoms with Gasteiger partial charge in [0, 0.05) is 13.1 Å². The third-order valence-electron chi connectivity index (χ3n) is 3.91. The van der Waals surface area contributed by atoms with Crippen LogP contribution in [0.1, 0.15) is 18.1 Å². The van der Waals surface area contributed by atoms with Crippen molar-refractivity contribution in [3.05, 3.63) is 65.5 Å². The van der Waals surface area contributed by atoms with Crippen molar-refractivity contribution in [3.63, 3.8) is 0 Å². The topological polar surface area (TPSA) is 78.5 Å². The molecule has 2 N–H and O–H groups in total. The summed E-state index contributed by atoms with van der Waals surface area (Å²) in [6.45, 7) is 2.49. The molecule has 146 valence electrons. The standard InChI is InChI=1S/C19H24FN3O3S/c1-14(22-27(25,26)18-10-8-17(20)9-11-18)19(24)21-12-15-6-4-5-7-16(15)13-23(2)3/h4-11,14,22H,12-13H2,1-3H3,(H,21,24)/t14-/m0/s1. The molecule has 0 heterocycles. The number of halogens is 1. The van der Waals surface area contributed by atoms with Crippen LogP contribution in [-0.4, -0.2) is 39.4 Å². The van der Waals surface area contributed by atoms with Gasteiger partial charge in [-0.1, -0.05) is 24.3 Å². The van der Waals surface area contributed by atoms with Crippen LogP contribution in [0.15, 0.2) is 53.4 Å². The normalized spacial score (nSPS) is 12.8. The summed E-state index contributed by atoms with van der Waals surface area (Å²) in [5, 5.41) is 2.75. The van der Waals surface area contributed by atoms with E-state index in [9.17, 15) is 17.6 Å². The van der Waals surface area contributed by atoms with E-state index in [2.05, 4.69) is 10.0 Å². The number of sulfonamides is 1. The van der Waals surface area contributed by atoms with Crippen molar-refractivity contribution >= 4 is 15.9 Å². The molecule has 27 heavy (non-hydrogen) atoms. The Bertz CT molecular complexity index is 883. The van der Waals surface area contributed by atoms with Crippen LogP contribution < -0.4 is 10.0 Å². The van der Waals surface area contributed by atoms with E-state index in [0.29, 0.717) is 6.54 Å². The van der Waals surface area contributed by atoms with Gasteiger partial charge in [-0.25, -0.2) is 12.8 Å². The molecule has 0 unspecified atom stereocenters. The minimum absolute atomic E-state index is 0.0973. The fourth-order valence-electron chi connectivity index (χ4n) is 2.53. The molecule has 0 aliphatic carbocycles. The van der Waals surface area contributed by atoms with E-state index in [1.165, 1.54) is 6.92 Å². The van der Waals surface area contributed by atoms with Gasteiger partial charge < -0.3 is 10.2 Å². The van der Waals surface area contributed by atoms with Crippen molar-refractivity contribution in [2.24, 2.45) is 0 Å². The second-order valence-electron chi connectivity index (χ2n) is 6.52. The van der Waals surface area contributed by atoms with Crippen LogP contribution in [0, 0.1) is 5.82 Å². The quantitative estimate of drug-likeness (QED) is 0.718. The zero-order chi connectivity index (χ0) is 20.0. The Labute approximate surface area is 159 Å². The lowest BCUT2D eigenvalue weighted by molar-refractivity contribution is -0.122. The molecule has 0 aliphatic heterocycles. The van der Waals surface area contributed by atoms with E-state index in [1.54, 1.807) is 0 Å². The van der Waals surface area contributed by atoms with Crippen molar-refractivity contribution in [3.8, 4) is 0 Å². The largest absolute Gasteiger partial charge is 0.351 e. The monoisotopic (exact) mass is 393 g/mol. The highest BCUT2D eigenvalue weighted by molar-refractivity contribution is 7.89. The molecule has 1 amide bonds. The maximum atomic E-state index is 13.0. The molecule has 2 aromatic carbocycles. The summed E-state index contributed by atoms with van der Waals surface area (Å²) in [4.78, 5) is 14.2. The molecule has 1 atom stereocenters. The fourth-order valence-corrected chi connectivity index (χ4v) is 3.73. The molecule has 6 nitrogen and oxygen atoms in total. The number of nitrogens with one attached hydrogen (secondary N) is 2. The number of hydrogen-bond donors (Lipinski definition) is 2. The average Bonchev–Trinajstić information content (AvgIpc) is 2.60. The molecule has 0 aromatic heterocycles. The molecule has 0 bridgehead atoms. The number of carbonyl (C=O) groups excluding carboxylic acids is 1. The summed E-state index contributed by atoms with van der Waals surface area (Å²) in [6.07, 6.45) is 0. The number of hydrogen-bond acceptors (Lipinski definition) is 4. The molecule has 0 saturated carbocycles. The molecule has 0 fully saturated rings. The van der Waals surface area contributed by atoms with E-state index in [4.69, 9.17) is 0 Å². The van der Waals surface area contributed by atoms with Crippen LogP contribution in [-0.2, 0) is 27.9 Å². The fraction of sp³-hybridized carbons (Fsp3) is 0.316. The minimum atomic E-state index is -3.91. The molecular weight excluding hydrogens is 369 g/mol. The first-order chi connectivity index (χ1) is 12.7. The summed E-state index contributed by atoms with van der Waals surface area (Å²) < 4.78 is 39.8. The van der Waals surface area contributed by atoms with Crippen molar-refractivity contribution < 1.29 is 17.6 Å². The predicted molar refractivity (Wildman–Crippen MR) is 102 cm³/mol. The van der Waals surface area contributed by atoms with Gasteiger partial charge in [0.25, 0.3) is 0 Å². The third kappa shape index (κ3) is 6.13. The molecule has 2 aromatic rings. The minimum Gasteiger partial charge on any atom is -0.351 e. The Morgan fingerprint density at radius 1 is 1.07 bits per heavy atom. The van der Waals surface area contributed by atoms with Crippen molar-refractivity contribution in [2.45, 2.75) is 31.0 Å². The maximum Gasteiger partial charge on any atom is 0.241 e. The van der Waals surface area contributed by atoms with Crippen LogP contribution in [0.5, 0.6) is 0 Å². The molecule has 0 radical (unpaired) electrons.